The molecular formula is C9H21NSi. The molecule has 0 amide bonds. The Morgan fingerprint density at radius 2 is 1.91 bits per heavy atom. The van der Waals surface area contributed by atoms with E-state index in [1.165, 1.54) is 12.1 Å². The third-order valence-corrected chi connectivity index (χ3v) is 7.43. The predicted octanol–water partition coefficient (Wildman–Crippen LogP) is 2.72. The van der Waals surface area contributed by atoms with Crippen molar-refractivity contribution in [1.82, 2.24) is 4.57 Å². The smallest absolute Gasteiger partial charge is 0.128 e. The molecule has 1 unspecified atom stereocenters. The molecule has 2 heteroatoms. The molecule has 0 saturated carbocycles. The molecule has 0 fully saturated rings. The number of nitrogens with zero attached hydrogens (tertiary/aromatic N) is 1. The monoisotopic (exact) mass is 171 g/mol. The summed E-state index contributed by atoms with van der Waals surface area (Å²) in [7, 11) is 3.34. The molecule has 0 aromatic rings. The van der Waals surface area contributed by atoms with Crippen LogP contribution < -0.4 is 0 Å². The molecule has 0 spiro atoms. The third-order valence-electron chi connectivity index (χ3n) is 2.63. The second kappa shape index (κ2) is 4.73. The maximum absolute atomic E-state index is 2.44. The van der Waals surface area contributed by atoms with Gasteiger partial charge < -0.3 is 4.57 Å². The molecule has 0 aliphatic heterocycles. The summed E-state index contributed by atoms with van der Waals surface area (Å²) in [5, 5.41) is 0. The first-order chi connectivity index (χ1) is 5.06. The Kier molecular flexibility index (Phi) is 4.69. The summed E-state index contributed by atoms with van der Waals surface area (Å²) in [6, 6.07) is 2.62. The lowest BCUT2D eigenvalue weighted by atomic mass is 10.6. The van der Waals surface area contributed by atoms with E-state index < -0.39 is 8.24 Å². The topological polar surface area (TPSA) is 3.24 Å². The van der Waals surface area contributed by atoms with Gasteiger partial charge in [0.2, 0.25) is 0 Å². The van der Waals surface area contributed by atoms with Crippen LogP contribution in [0.25, 0.3) is 0 Å². The zero-order chi connectivity index (χ0) is 8.91. The van der Waals surface area contributed by atoms with Crippen LogP contribution in [0.4, 0.5) is 0 Å². The Hall–Kier alpha value is -0.0831. The van der Waals surface area contributed by atoms with E-state index in [0.717, 1.165) is 0 Å². The molecule has 11 heavy (non-hydrogen) atoms. The zero-order valence-corrected chi connectivity index (χ0v) is 9.52. The van der Waals surface area contributed by atoms with Crippen molar-refractivity contribution in [2.75, 3.05) is 14.1 Å². The summed E-state index contributed by atoms with van der Waals surface area (Å²) in [5.74, 6) is 0. The van der Waals surface area contributed by atoms with Gasteiger partial charge in [-0.2, -0.15) is 0 Å². The van der Waals surface area contributed by atoms with Crippen LogP contribution in [-0.2, 0) is 0 Å². The minimum absolute atomic E-state index is 1.08. The highest BCUT2D eigenvalue weighted by Gasteiger charge is 2.25. The average molecular weight is 171 g/mol. The molecule has 0 bridgehead atoms. The lowest BCUT2D eigenvalue weighted by Crippen LogP contribution is -2.45. The van der Waals surface area contributed by atoms with Crippen LogP contribution in [0, 0.1) is 0 Å². The predicted molar refractivity (Wildman–Crippen MR) is 55.4 cm³/mol. The van der Waals surface area contributed by atoms with Crippen molar-refractivity contribution in [3.63, 3.8) is 0 Å². The van der Waals surface area contributed by atoms with Gasteiger partial charge >= 0.3 is 0 Å². The first kappa shape index (κ1) is 10.9. The Morgan fingerprint density at radius 1 is 1.36 bits per heavy atom. The first-order valence-corrected chi connectivity index (χ1v) is 7.21. The number of hydrogen-bond donors (Lipinski definition) is 0. The van der Waals surface area contributed by atoms with E-state index in [-0.39, 0.29) is 0 Å². The van der Waals surface area contributed by atoms with E-state index >= 15 is 0 Å². The molecule has 0 radical (unpaired) electrons. The fraction of sp³-hybridized carbons (Fsp3) is 0.778. The van der Waals surface area contributed by atoms with Crippen LogP contribution in [-0.4, -0.2) is 26.9 Å². The van der Waals surface area contributed by atoms with E-state index in [9.17, 15) is 0 Å². The van der Waals surface area contributed by atoms with Crippen molar-refractivity contribution in [1.29, 1.82) is 0 Å². The number of allylic oxidation sites excluding steroid dienone is 2. The zero-order valence-electron chi connectivity index (χ0n) is 8.52. The van der Waals surface area contributed by atoms with E-state index in [0.29, 0.717) is 0 Å². The summed E-state index contributed by atoms with van der Waals surface area (Å²) in [5.41, 5.74) is 0. The van der Waals surface area contributed by atoms with Gasteiger partial charge in [0.15, 0.2) is 0 Å². The molecule has 0 aliphatic carbocycles. The van der Waals surface area contributed by atoms with Crippen LogP contribution in [0.3, 0.4) is 0 Å². The van der Waals surface area contributed by atoms with Gasteiger partial charge in [-0.25, -0.2) is 0 Å². The average Bonchev–Trinajstić information content (AvgIpc) is 2.00. The second-order valence-corrected chi connectivity index (χ2v) is 8.52. The van der Waals surface area contributed by atoms with Crippen molar-refractivity contribution in [2.24, 2.45) is 0 Å². The molecular weight excluding hydrogens is 150 g/mol. The third kappa shape index (κ3) is 3.21. The highest BCUT2D eigenvalue weighted by molar-refractivity contribution is 6.76. The van der Waals surface area contributed by atoms with Gasteiger partial charge in [0.25, 0.3) is 0 Å². The minimum Gasteiger partial charge on any atom is -0.329 e. The molecule has 1 atom stereocenters. The standard InChI is InChI=1S/C9H21NSi/c1-6-8-9-11(5,7-2)10(3)4/h6,8H,7,9H2,1-5H3. The highest BCUT2D eigenvalue weighted by atomic mass is 28.3. The largest absolute Gasteiger partial charge is 0.329 e. The van der Waals surface area contributed by atoms with Gasteiger partial charge in [-0.15, -0.1) is 0 Å². The Balaban J connectivity index is 4.10. The minimum atomic E-state index is -1.08. The Bertz CT molecular complexity index is 132. The molecule has 0 N–H and O–H groups in total. The number of rotatable bonds is 4. The van der Waals surface area contributed by atoms with Gasteiger partial charge in [-0.05, 0) is 33.1 Å². The van der Waals surface area contributed by atoms with Crippen molar-refractivity contribution in [2.45, 2.75) is 32.5 Å². The van der Waals surface area contributed by atoms with E-state index in [1.807, 2.05) is 0 Å². The van der Waals surface area contributed by atoms with Gasteiger partial charge in [0.1, 0.15) is 8.24 Å². The van der Waals surface area contributed by atoms with Crippen LogP contribution in [0.15, 0.2) is 12.2 Å². The molecule has 0 heterocycles. The summed E-state index contributed by atoms with van der Waals surface area (Å²) in [6.45, 7) is 6.84. The fourth-order valence-electron chi connectivity index (χ4n) is 1.01. The van der Waals surface area contributed by atoms with Crippen molar-refractivity contribution >= 4 is 8.24 Å². The maximum Gasteiger partial charge on any atom is 0.128 e. The number of hydrogen-bond acceptors (Lipinski definition) is 1. The fourth-order valence-corrected chi connectivity index (χ4v) is 3.04. The van der Waals surface area contributed by atoms with Gasteiger partial charge in [0, 0.05) is 0 Å². The van der Waals surface area contributed by atoms with Gasteiger partial charge in [0.05, 0.1) is 0 Å². The van der Waals surface area contributed by atoms with Gasteiger partial charge in [-0.3, -0.25) is 0 Å². The van der Waals surface area contributed by atoms with E-state index in [2.05, 4.69) is 51.2 Å². The van der Waals surface area contributed by atoms with Crippen LogP contribution >= 0.6 is 0 Å². The molecule has 66 valence electrons. The van der Waals surface area contributed by atoms with Crippen LogP contribution in [0.1, 0.15) is 13.8 Å². The second-order valence-electron chi connectivity index (χ2n) is 3.52. The normalized spacial score (nSPS) is 17.6. The lowest BCUT2D eigenvalue weighted by Gasteiger charge is -2.32. The summed E-state index contributed by atoms with van der Waals surface area (Å²) in [6.07, 6.45) is 4.46. The van der Waals surface area contributed by atoms with Gasteiger partial charge in [-0.1, -0.05) is 25.6 Å². The molecule has 1 nitrogen and oxygen atoms in total. The molecule has 0 aliphatic rings. The molecule has 0 rings (SSSR count). The van der Waals surface area contributed by atoms with Crippen LogP contribution in [0.2, 0.25) is 18.6 Å². The Morgan fingerprint density at radius 3 is 2.18 bits per heavy atom. The first-order valence-electron chi connectivity index (χ1n) is 4.35. The maximum atomic E-state index is 2.44. The molecule has 0 saturated heterocycles. The highest BCUT2D eigenvalue weighted by Crippen LogP contribution is 2.17. The molecule has 0 aromatic heterocycles. The van der Waals surface area contributed by atoms with Crippen LogP contribution in [0.5, 0.6) is 0 Å². The summed E-state index contributed by atoms with van der Waals surface area (Å²) in [4.78, 5) is 0. The van der Waals surface area contributed by atoms with E-state index in [1.54, 1.807) is 0 Å². The Labute approximate surface area is 72.2 Å². The molecule has 0 aromatic carbocycles. The summed E-state index contributed by atoms with van der Waals surface area (Å²) >= 11 is 0. The van der Waals surface area contributed by atoms with Crippen molar-refractivity contribution < 1.29 is 0 Å². The summed E-state index contributed by atoms with van der Waals surface area (Å²) < 4.78 is 2.44. The van der Waals surface area contributed by atoms with Crippen molar-refractivity contribution in [3.05, 3.63) is 12.2 Å². The SMILES string of the molecule is CC=CC[Si](C)(CC)N(C)C. The van der Waals surface area contributed by atoms with Crippen molar-refractivity contribution in [3.8, 4) is 0 Å². The quantitative estimate of drug-likeness (QED) is 0.464. The van der Waals surface area contributed by atoms with E-state index in [4.69, 9.17) is 0 Å². The lowest BCUT2D eigenvalue weighted by molar-refractivity contribution is 0.614.